The van der Waals surface area contributed by atoms with E-state index in [1.807, 2.05) is 6.92 Å². The first-order valence-corrected chi connectivity index (χ1v) is 6.97. The summed E-state index contributed by atoms with van der Waals surface area (Å²) in [6, 6.07) is 0. The summed E-state index contributed by atoms with van der Waals surface area (Å²) in [5.41, 5.74) is 5.42. The van der Waals surface area contributed by atoms with Gasteiger partial charge in [-0.1, -0.05) is 40.0 Å². The van der Waals surface area contributed by atoms with Crippen LogP contribution in [0.1, 0.15) is 59.8 Å². The van der Waals surface area contributed by atoms with Crippen molar-refractivity contribution in [2.24, 2.45) is 17.1 Å². The number of hydrogen-bond acceptors (Lipinski definition) is 3. The number of rotatable bonds is 9. The van der Waals surface area contributed by atoms with Crippen molar-refractivity contribution in [3.63, 3.8) is 0 Å². The Morgan fingerprint density at radius 3 is 2.18 bits per heavy atom. The molecule has 0 aromatic heterocycles. The number of esters is 1. The van der Waals surface area contributed by atoms with Gasteiger partial charge in [0, 0.05) is 6.54 Å². The van der Waals surface area contributed by atoms with Crippen LogP contribution >= 0.6 is 0 Å². The maximum Gasteiger partial charge on any atom is 0.313 e. The lowest BCUT2D eigenvalue weighted by atomic mass is 9.74. The van der Waals surface area contributed by atoms with Crippen molar-refractivity contribution < 1.29 is 9.53 Å². The van der Waals surface area contributed by atoms with Gasteiger partial charge < -0.3 is 10.5 Å². The summed E-state index contributed by atoms with van der Waals surface area (Å²) >= 11 is 0. The molecule has 2 N–H and O–H groups in total. The zero-order valence-corrected chi connectivity index (χ0v) is 11.9. The molecule has 1 atom stereocenters. The number of nitrogens with two attached hydrogens (primary N) is 1. The van der Waals surface area contributed by atoms with Gasteiger partial charge in [-0.25, -0.2) is 0 Å². The van der Waals surface area contributed by atoms with E-state index in [9.17, 15) is 4.79 Å². The molecule has 0 amide bonds. The van der Waals surface area contributed by atoms with Crippen LogP contribution in [0.4, 0.5) is 0 Å². The Morgan fingerprint density at radius 1 is 1.24 bits per heavy atom. The van der Waals surface area contributed by atoms with Gasteiger partial charge in [0.15, 0.2) is 0 Å². The van der Waals surface area contributed by atoms with E-state index >= 15 is 0 Å². The van der Waals surface area contributed by atoms with Crippen molar-refractivity contribution in [1.82, 2.24) is 0 Å². The summed E-state index contributed by atoms with van der Waals surface area (Å²) in [5, 5.41) is 0. The fraction of sp³-hybridized carbons (Fsp3) is 0.929. The van der Waals surface area contributed by atoms with Crippen LogP contribution < -0.4 is 5.73 Å². The van der Waals surface area contributed by atoms with Crippen molar-refractivity contribution in [2.45, 2.75) is 59.8 Å². The van der Waals surface area contributed by atoms with E-state index in [4.69, 9.17) is 10.5 Å². The summed E-state index contributed by atoms with van der Waals surface area (Å²) in [6.07, 6.45) is 4.86. The smallest absolute Gasteiger partial charge is 0.313 e. The van der Waals surface area contributed by atoms with Crippen LogP contribution in [0.2, 0.25) is 0 Å². The molecule has 0 bridgehead atoms. The molecule has 0 heterocycles. The van der Waals surface area contributed by atoms with Gasteiger partial charge in [-0.2, -0.15) is 0 Å². The molecule has 17 heavy (non-hydrogen) atoms. The zero-order valence-electron chi connectivity index (χ0n) is 11.9. The van der Waals surface area contributed by atoms with Gasteiger partial charge in [-0.05, 0) is 25.7 Å². The fourth-order valence-corrected chi connectivity index (χ4v) is 2.45. The molecule has 0 spiro atoms. The largest absolute Gasteiger partial charge is 0.466 e. The van der Waals surface area contributed by atoms with Gasteiger partial charge in [0.05, 0.1) is 12.0 Å². The van der Waals surface area contributed by atoms with Gasteiger partial charge in [0.2, 0.25) is 0 Å². The molecule has 3 heteroatoms. The highest BCUT2D eigenvalue weighted by atomic mass is 16.5. The lowest BCUT2D eigenvalue weighted by Gasteiger charge is -2.33. The summed E-state index contributed by atoms with van der Waals surface area (Å²) in [4.78, 5) is 12.2. The fourth-order valence-electron chi connectivity index (χ4n) is 2.45. The first-order valence-electron chi connectivity index (χ1n) is 6.97. The number of carbonyl (C=O) groups excluding carboxylic acids is 1. The van der Waals surface area contributed by atoms with Crippen LogP contribution in [0.3, 0.4) is 0 Å². The predicted molar refractivity (Wildman–Crippen MR) is 71.7 cm³/mol. The average molecular weight is 243 g/mol. The molecule has 3 nitrogen and oxygen atoms in total. The van der Waals surface area contributed by atoms with Gasteiger partial charge in [0.1, 0.15) is 0 Å². The molecule has 0 radical (unpaired) electrons. The maximum atomic E-state index is 12.2. The Morgan fingerprint density at radius 2 is 1.82 bits per heavy atom. The maximum absolute atomic E-state index is 12.2. The first kappa shape index (κ1) is 16.4. The molecule has 0 aliphatic heterocycles. The third-order valence-corrected chi connectivity index (χ3v) is 3.66. The van der Waals surface area contributed by atoms with E-state index in [1.165, 1.54) is 0 Å². The Kier molecular flexibility index (Phi) is 8.23. The highest BCUT2D eigenvalue weighted by molar-refractivity contribution is 5.77. The second kappa shape index (κ2) is 8.51. The van der Waals surface area contributed by atoms with Crippen LogP contribution in [-0.2, 0) is 9.53 Å². The minimum atomic E-state index is -0.457. The number of hydrogen-bond donors (Lipinski definition) is 1. The first-order chi connectivity index (χ1) is 8.10. The summed E-state index contributed by atoms with van der Waals surface area (Å²) in [7, 11) is 0. The van der Waals surface area contributed by atoms with E-state index in [0.717, 1.165) is 32.1 Å². The van der Waals surface area contributed by atoms with Gasteiger partial charge in [0.25, 0.3) is 0 Å². The molecule has 0 aliphatic rings. The van der Waals surface area contributed by atoms with Crippen molar-refractivity contribution in [1.29, 1.82) is 0 Å². The second-order valence-electron chi connectivity index (χ2n) is 4.84. The Hall–Kier alpha value is -0.570. The van der Waals surface area contributed by atoms with Crippen LogP contribution in [0, 0.1) is 11.3 Å². The molecule has 0 rings (SSSR count). The summed E-state index contributed by atoms with van der Waals surface area (Å²) in [5.74, 6) is 0.464. The third kappa shape index (κ3) is 4.66. The minimum absolute atomic E-state index is 0.101. The zero-order chi connectivity index (χ0) is 13.3. The van der Waals surface area contributed by atoms with Crippen LogP contribution in [-0.4, -0.2) is 19.1 Å². The van der Waals surface area contributed by atoms with Gasteiger partial charge in [-0.15, -0.1) is 0 Å². The van der Waals surface area contributed by atoms with Crippen LogP contribution in [0.15, 0.2) is 0 Å². The normalized spacial score (nSPS) is 14.7. The summed E-state index contributed by atoms with van der Waals surface area (Å²) in [6.45, 7) is 9.13. The highest BCUT2D eigenvalue weighted by Crippen LogP contribution is 2.34. The lowest BCUT2D eigenvalue weighted by molar-refractivity contribution is -0.156. The number of carbonyl (C=O) groups is 1. The van der Waals surface area contributed by atoms with Gasteiger partial charge in [-0.3, -0.25) is 4.79 Å². The van der Waals surface area contributed by atoms with E-state index in [2.05, 4.69) is 20.8 Å². The van der Waals surface area contributed by atoms with Crippen molar-refractivity contribution in [3.05, 3.63) is 0 Å². The predicted octanol–water partition coefficient (Wildman–Crippen LogP) is 3.12. The van der Waals surface area contributed by atoms with Crippen molar-refractivity contribution in [2.75, 3.05) is 13.2 Å². The van der Waals surface area contributed by atoms with Gasteiger partial charge >= 0.3 is 5.97 Å². The Bertz CT molecular complexity index is 214. The molecule has 0 aromatic carbocycles. The third-order valence-electron chi connectivity index (χ3n) is 3.66. The average Bonchev–Trinajstić information content (AvgIpc) is 2.34. The molecule has 102 valence electrons. The second-order valence-corrected chi connectivity index (χ2v) is 4.84. The quantitative estimate of drug-likeness (QED) is 0.633. The molecule has 0 aliphatic carbocycles. The van der Waals surface area contributed by atoms with Crippen LogP contribution in [0.5, 0.6) is 0 Å². The molecule has 0 aromatic rings. The summed E-state index contributed by atoms with van der Waals surface area (Å²) < 4.78 is 5.22. The van der Waals surface area contributed by atoms with E-state index < -0.39 is 5.41 Å². The van der Waals surface area contributed by atoms with Crippen molar-refractivity contribution >= 4 is 5.97 Å². The monoisotopic (exact) mass is 243 g/mol. The van der Waals surface area contributed by atoms with Crippen molar-refractivity contribution in [3.8, 4) is 0 Å². The number of ether oxygens (including phenoxy) is 1. The minimum Gasteiger partial charge on any atom is -0.466 e. The molecule has 1 unspecified atom stereocenters. The molecular formula is C14H29NO2. The van der Waals surface area contributed by atoms with Crippen LogP contribution in [0.25, 0.3) is 0 Å². The van der Waals surface area contributed by atoms with E-state index in [0.29, 0.717) is 19.1 Å². The lowest BCUT2D eigenvalue weighted by Crippen LogP contribution is -2.41. The molecule has 0 saturated heterocycles. The molecule has 0 saturated carbocycles. The molecular weight excluding hydrogens is 214 g/mol. The standard InChI is InChI=1S/C14H29NO2/c1-5-9-14(11-15,13(16)17-8-4)10-12(6-2)7-3/h12H,5-11,15H2,1-4H3. The highest BCUT2D eigenvalue weighted by Gasteiger charge is 2.39. The SMILES string of the molecule is CCCC(CN)(CC(CC)CC)C(=O)OCC. The topological polar surface area (TPSA) is 52.3 Å². The Balaban J connectivity index is 4.85. The van der Waals surface area contributed by atoms with E-state index in [1.54, 1.807) is 0 Å². The van der Waals surface area contributed by atoms with E-state index in [-0.39, 0.29) is 5.97 Å². The molecule has 0 fully saturated rings. The Labute approximate surface area is 106 Å².